The lowest BCUT2D eigenvalue weighted by Crippen LogP contribution is -2.26. The van der Waals surface area contributed by atoms with Crippen molar-refractivity contribution in [2.75, 3.05) is 13.1 Å². The van der Waals surface area contributed by atoms with E-state index in [-0.39, 0.29) is 12.3 Å². The molecule has 10 heavy (non-hydrogen) atoms. The van der Waals surface area contributed by atoms with Gasteiger partial charge in [-0.15, -0.1) is 0 Å². The molecule has 3 heteroatoms. The molecule has 0 aromatic heterocycles. The lowest BCUT2D eigenvalue weighted by atomic mass is 10.2. The minimum atomic E-state index is -0.388. The highest BCUT2D eigenvalue weighted by Gasteiger charge is 1.97. The molecule has 3 nitrogen and oxygen atoms in total. The molecule has 0 atom stereocenters. The molecule has 0 unspecified atom stereocenters. The predicted octanol–water partition coefficient (Wildman–Crippen LogP) is -0.000000000000000167. The van der Waals surface area contributed by atoms with Gasteiger partial charge in [0.25, 0.3) is 0 Å². The molecule has 0 aliphatic heterocycles. The Balaban J connectivity index is 3.19. The number of nitrogens with one attached hydrogen (secondary N) is 1. The molecule has 0 heterocycles. The van der Waals surface area contributed by atoms with Gasteiger partial charge in [-0.1, -0.05) is 13.8 Å². The maximum absolute atomic E-state index is 10.4. The normalized spacial score (nSPS) is 9.90. The first-order valence-corrected chi connectivity index (χ1v) is 3.35. The molecule has 58 valence electrons. The Morgan fingerprint density at radius 3 is 2.60 bits per heavy atom. The fraction of sp³-hybridized carbons (Fsp3) is 0.714. The van der Waals surface area contributed by atoms with Crippen LogP contribution in [0.15, 0.2) is 0 Å². The maximum atomic E-state index is 10.4. The van der Waals surface area contributed by atoms with Gasteiger partial charge in [-0.2, -0.15) is 0 Å². The summed E-state index contributed by atoms with van der Waals surface area (Å²) in [5, 5.41) is 2.85. The highest BCUT2D eigenvalue weighted by Crippen LogP contribution is 1.85. The van der Waals surface area contributed by atoms with Crippen LogP contribution in [-0.2, 0) is 9.59 Å². The number of rotatable bonds is 5. The van der Waals surface area contributed by atoms with E-state index in [1.807, 2.05) is 13.8 Å². The molecule has 0 fully saturated rings. The third kappa shape index (κ3) is 5.44. The van der Waals surface area contributed by atoms with Gasteiger partial charge in [0, 0.05) is 0 Å². The predicted molar refractivity (Wildman–Crippen MR) is 38.8 cm³/mol. The number of hydrogen-bond donors (Lipinski definition) is 1. The van der Waals surface area contributed by atoms with Gasteiger partial charge in [0.2, 0.25) is 5.78 Å². The van der Waals surface area contributed by atoms with E-state index in [1.165, 1.54) is 0 Å². The molecular formula is C7H13NO2. The number of carbonyl (C=O) groups is 2. The van der Waals surface area contributed by atoms with Gasteiger partial charge < -0.3 is 5.32 Å². The zero-order chi connectivity index (χ0) is 7.98. The molecular weight excluding hydrogens is 130 g/mol. The van der Waals surface area contributed by atoms with E-state index in [1.54, 1.807) is 0 Å². The quantitative estimate of drug-likeness (QED) is 0.435. The maximum Gasteiger partial charge on any atom is 0.208 e. The Kier molecular flexibility index (Phi) is 4.76. The van der Waals surface area contributed by atoms with Crippen molar-refractivity contribution in [1.82, 2.24) is 5.32 Å². The summed E-state index contributed by atoms with van der Waals surface area (Å²) in [5.74, 6) is 0.125. The second kappa shape index (κ2) is 5.11. The van der Waals surface area contributed by atoms with Crippen LogP contribution in [0.3, 0.4) is 0 Å². The first-order valence-electron chi connectivity index (χ1n) is 3.35. The number of hydrogen-bond acceptors (Lipinski definition) is 3. The Bertz CT molecular complexity index is 121. The summed E-state index contributed by atoms with van der Waals surface area (Å²) in [4.78, 5) is 20.2. The van der Waals surface area contributed by atoms with Crippen molar-refractivity contribution in [1.29, 1.82) is 0 Å². The number of Topliss-reactive ketones (excluding diaryl/α,β-unsaturated/α-hetero) is 1. The zero-order valence-corrected chi connectivity index (χ0v) is 6.39. The van der Waals surface area contributed by atoms with Gasteiger partial charge in [0.05, 0.1) is 6.54 Å². The number of carbonyl (C=O) groups excluding carboxylic acids is 2. The third-order valence-corrected chi connectivity index (χ3v) is 0.983. The van der Waals surface area contributed by atoms with E-state index >= 15 is 0 Å². The van der Waals surface area contributed by atoms with Crippen LogP contribution < -0.4 is 5.32 Å². The third-order valence-electron chi connectivity index (χ3n) is 0.983. The summed E-state index contributed by atoms with van der Waals surface area (Å²) in [6.45, 7) is 5.03. The Labute approximate surface area is 60.8 Å². The average molecular weight is 143 g/mol. The van der Waals surface area contributed by atoms with Crippen LogP contribution in [0, 0.1) is 5.92 Å². The molecule has 0 saturated carbocycles. The zero-order valence-electron chi connectivity index (χ0n) is 6.39. The fourth-order valence-electron chi connectivity index (χ4n) is 0.526. The molecule has 0 spiro atoms. The van der Waals surface area contributed by atoms with Crippen molar-refractivity contribution in [3.63, 3.8) is 0 Å². The minimum absolute atomic E-state index is 0.168. The van der Waals surface area contributed by atoms with E-state index in [4.69, 9.17) is 0 Å². The van der Waals surface area contributed by atoms with Crippen molar-refractivity contribution >= 4 is 12.1 Å². The SMILES string of the molecule is CC(C)CNCC(=O)C=O. The monoisotopic (exact) mass is 143 g/mol. The van der Waals surface area contributed by atoms with Crippen LogP contribution >= 0.6 is 0 Å². The number of aldehydes is 1. The van der Waals surface area contributed by atoms with E-state index < -0.39 is 0 Å². The number of ketones is 1. The van der Waals surface area contributed by atoms with Gasteiger partial charge in [-0.3, -0.25) is 9.59 Å². The molecule has 1 N–H and O–H groups in total. The first-order chi connectivity index (χ1) is 4.66. The largest absolute Gasteiger partial charge is 0.309 e. The molecule has 0 aliphatic rings. The van der Waals surface area contributed by atoms with Gasteiger partial charge in [-0.25, -0.2) is 0 Å². The van der Waals surface area contributed by atoms with Gasteiger partial charge >= 0.3 is 0 Å². The molecule has 0 radical (unpaired) electrons. The standard InChI is InChI=1S/C7H13NO2/c1-6(2)3-8-4-7(10)5-9/h5-6,8H,3-4H2,1-2H3. The fourth-order valence-corrected chi connectivity index (χ4v) is 0.526. The average Bonchev–Trinajstić information content (AvgIpc) is 1.87. The molecule has 0 rings (SSSR count). The summed E-state index contributed by atoms with van der Waals surface area (Å²) in [7, 11) is 0. The van der Waals surface area contributed by atoms with Crippen LogP contribution in [-0.4, -0.2) is 25.2 Å². The van der Waals surface area contributed by atoms with Crippen molar-refractivity contribution < 1.29 is 9.59 Å². The van der Waals surface area contributed by atoms with E-state index in [2.05, 4.69) is 5.32 Å². The molecule has 0 aliphatic carbocycles. The van der Waals surface area contributed by atoms with Crippen molar-refractivity contribution in [2.24, 2.45) is 5.92 Å². The molecule has 0 saturated heterocycles. The Morgan fingerprint density at radius 1 is 1.60 bits per heavy atom. The first kappa shape index (κ1) is 9.30. The van der Waals surface area contributed by atoms with Crippen LogP contribution in [0.4, 0.5) is 0 Å². The second-order valence-electron chi connectivity index (χ2n) is 2.61. The smallest absolute Gasteiger partial charge is 0.208 e. The Morgan fingerprint density at radius 2 is 2.20 bits per heavy atom. The Hall–Kier alpha value is -0.700. The van der Waals surface area contributed by atoms with Crippen LogP contribution in [0.2, 0.25) is 0 Å². The lowest BCUT2D eigenvalue weighted by Gasteiger charge is -2.03. The summed E-state index contributed by atoms with van der Waals surface area (Å²) in [5.41, 5.74) is 0. The van der Waals surface area contributed by atoms with Crippen molar-refractivity contribution in [2.45, 2.75) is 13.8 Å². The lowest BCUT2D eigenvalue weighted by molar-refractivity contribution is -0.129. The van der Waals surface area contributed by atoms with Crippen molar-refractivity contribution in [3.05, 3.63) is 0 Å². The molecule has 0 bridgehead atoms. The topological polar surface area (TPSA) is 46.2 Å². The van der Waals surface area contributed by atoms with E-state index in [0.717, 1.165) is 6.54 Å². The summed E-state index contributed by atoms with van der Waals surface area (Å²) in [6, 6.07) is 0. The second-order valence-corrected chi connectivity index (χ2v) is 2.61. The van der Waals surface area contributed by atoms with Crippen LogP contribution in [0.1, 0.15) is 13.8 Å². The van der Waals surface area contributed by atoms with E-state index in [0.29, 0.717) is 12.2 Å². The van der Waals surface area contributed by atoms with Gasteiger partial charge in [0.15, 0.2) is 6.29 Å². The van der Waals surface area contributed by atoms with E-state index in [9.17, 15) is 9.59 Å². The summed E-state index contributed by atoms with van der Waals surface area (Å²) in [6.07, 6.45) is 0.341. The van der Waals surface area contributed by atoms with Gasteiger partial charge in [0.1, 0.15) is 0 Å². The van der Waals surface area contributed by atoms with Gasteiger partial charge in [-0.05, 0) is 12.5 Å². The minimum Gasteiger partial charge on any atom is -0.309 e. The van der Waals surface area contributed by atoms with Crippen LogP contribution in [0.5, 0.6) is 0 Å². The molecule has 0 aromatic rings. The summed E-state index contributed by atoms with van der Waals surface area (Å²) < 4.78 is 0. The highest BCUT2D eigenvalue weighted by atomic mass is 16.2. The van der Waals surface area contributed by atoms with Crippen molar-refractivity contribution in [3.8, 4) is 0 Å². The molecule has 0 amide bonds. The van der Waals surface area contributed by atoms with Crippen LogP contribution in [0.25, 0.3) is 0 Å². The molecule has 0 aromatic carbocycles. The summed E-state index contributed by atoms with van der Waals surface area (Å²) >= 11 is 0. The highest BCUT2D eigenvalue weighted by molar-refractivity contribution is 6.25.